The molecule has 3 rings (SSSR count). The van der Waals surface area contributed by atoms with E-state index in [1.807, 2.05) is 48.5 Å². The van der Waals surface area contributed by atoms with Crippen LogP contribution in [0.15, 0.2) is 54.7 Å². The zero-order valence-corrected chi connectivity index (χ0v) is 15.3. The molecule has 0 unspecified atom stereocenters. The van der Waals surface area contributed by atoms with Crippen LogP contribution in [0.25, 0.3) is 0 Å². The van der Waals surface area contributed by atoms with Gasteiger partial charge in [-0.05, 0) is 30.5 Å². The van der Waals surface area contributed by atoms with Gasteiger partial charge < -0.3 is 0 Å². The van der Waals surface area contributed by atoms with Crippen molar-refractivity contribution >= 4 is 10.2 Å². The molecule has 25 heavy (non-hydrogen) atoms. The van der Waals surface area contributed by atoms with Crippen LogP contribution in [0.1, 0.15) is 49.4 Å². The number of pyridine rings is 1. The van der Waals surface area contributed by atoms with Gasteiger partial charge in [0.05, 0.1) is 11.7 Å². The Hall–Kier alpha value is -1.76. The van der Waals surface area contributed by atoms with Crippen molar-refractivity contribution in [3.05, 3.63) is 66.0 Å². The molecule has 1 aromatic carbocycles. The van der Waals surface area contributed by atoms with Crippen LogP contribution >= 0.6 is 0 Å². The largest absolute Gasteiger partial charge is 0.280 e. The first kappa shape index (κ1) is 18.0. The van der Waals surface area contributed by atoms with E-state index in [2.05, 4.69) is 9.71 Å². The molecule has 1 heterocycles. The van der Waals surface area contributed by atoms with Crippen molar-refractivity contribution in [3.8, 4) is 0 Å². The van der Waals surface area contributed by atoms with Crippen molar-refractivity contribution in [1.82, 2.24) is 14.0 Å². The van der Waals surface area contributed by atoms with E-state index in [4.69, 9.17) is 0 Å². The molecule has 1 N–H and O–H groups in total. The smallest absolute Gasteiger partial charge is 0.259 e. The lowest BCUT2D eigenvalue weighted by molar-refractivity contribution is 0.282. The van der Waals surface area contributed by atoms with E-state index in [0.717, 1.165) is 31.2 Å². The van der Waals surface area contributed by atoms with Crippen LogP contribution < -0.4 is 4.72 Å². The van der Waals surface area contributed by atoms with Crippen molar-refractivity contribution < 1.29 is 8.42 Å². The van der Waals surface area contributed by atoms with Crippen molar-refractivity contribution in [2.45, 2.75) is 44.2 Å². The van der Waals surface area contributed by atoms with E-state index in [0.29, 0.717) is 5.69 Å². The first-order valence-corrected chi connectivity index (χ1v) is 10.2. The Bertz CT molecular complexity index is 720. The Kier molecular flexibility index (Phi) is 5.83. The monoisotopic (exact) mass is 359 g/mol. The Balaban J connectivity index is 1.86. The molecule has 1 atom stereocenters. The van der Waals surface area contributed by atoms with E-state index in [-0.39, 0.29) is 6.04 Å². The van der Waals surface area contributed by atoms with Gasteiger partial charge in [-0.25, -0.2) is 0 Å². The second-order valence-electron chi connectivity index (χ2n) is 6.53. The van der Waals surface area contributed by atoms with Crippen molar-refractivity contribution in [3.63, 3.8) is 0 Å². The molecule has 1 fully saturated rings. The van der Waals surface area contributed by atoms with Crippen LogP contribution in [-0.4, -0.2) is 30.8 Å². The number of benzene rings is 1. The second kappa shape index (κ2) is 8.08. The van der Waals surface area contributed by atoms with Crippen LogP contribution in [-0.2, 0) is 10.2 Å². The number of nitrogens with one attached hydrogen (secondary N) is 1. The van der Waals surface area contributed by atoms with E-state index < -0.39 is 16.3 Å². The lowest BCUT2D eigenvalue weighted by atomic mass is 9.96. The molecule has 1 saturated carbocycles. The summed E-state index contributed by atoms with van der Waals surface area (Å²) in [6, 6.07) is 14.7. The van der Waals surface area contributed by atoms with Gasteiger partial charge in [-0.2, -0.15) is 17.4 Å². The summed E-state index contributed by atoms with van der Waals surface area (Å²) >= 11 is 0. The fourth-order valence-electron chi connectivity index (χ4n) is 3.36. The van der Waals surface area contributed by atoms with Gasteiger partial charge in [0.15, 0.2) is 0 Å². The molecular weight excluding hydrogens is 334 g/mol. The normalized spacial score (nSPS) is 17.5. The number of hydrogen-bond acceptors (Lipinski definition) is 3. The van der Waals surface area contributed by atoms with Crippen LogP contribution in [0, 0.1) is 0 Å². The summed E-state index contributed by atoms with van der Waals surface area (Å²) in [5.41, 5.74) is 1.57. The third-order valence-corrected chi connectivity index (χ3v) is 6.44. The zero-order valence-electron chi connectivity index (χ0n) is 14.5. The van der Waals surface area contributed by atoms with Gasteiger partial charge in [0.25, 0.3) is 10.2 Å². The second-order valence-corrected chi connectivity index (χ2v) is 8.29. The molecule has 0 saturated heterocycles. The lowest BCUT2D eigenvalue weighted by Gasteiger charge is -2.32. The highest BCUT2D eigenvalue weighted by atomic mass is 32.2. The first-order chi connectivity index (χ1) is 12.1. The van der Waals surface area contributed by atoms with Crippen LogP contribution in [0.5, 0.6) is 0 Å². The molecular formula is C19H25N3O2S. The number of rotatable bonds is 6. The van der Waals surface area contributed by atoms with Gasteiger partial charge in [0, 0.05) is 19.3 Å². The summed E-state index contributed by atoms with van der Waals surface area (Å²) in [6.45, 7) is 0. The van der Waals surface area contributed by atoms with Gasteiger partial charge in [-0.3, -0.25) is 4.98 Å². The summed E-state index contributed by atoms with van der Waals surface area (Å²) in [4.78, 5) is 4.37. The molecule has 1 aromatic heterocycles. The summed E-state index contributed by atoms with van der Waals surface area (Å²) in [6.07, 6.45) is 6.91. The molecule has 6 heteroatoms. The highest BCUT2D eigenvalue weighted by molar-refractivity contribution is 7.87. The predicted molar refractivity (Wildman–Crippen MR) is 99.2 cm³/mol. The molecule has 2 aromatic rings. The standard InChI is InChI=1S/C19H25N3O2S/c1-22(17-12-6-3-7-13-17)25(23,24)21-19(16-10-4-2-5-11-16)18-14-8-9-15-20-18/h2,4-5,8-11,14-15,17,19,21H,3,6-7,12-13H2,1H3/t19-/m1/s1. The lowest BCUT2D eigenvalue weighted by Crippen LogP contribution is -2.46. The summed E-state index contributed by atoms with van der Waals surface area (Å²) < 4.78 is 30.3. The van der Waals surface area contributed by atoms with Gasteiger partial charge in [0.1, 0.15) is 0 Å². The van der Waals surface area contributed by atoms with E-state index >= 15 is 0 Å². The minimum Gasteiger partial charge on any atom is -0.259 e. The Morgan fingerprint density at radius 2 is 1.72 bits per heavy atom. The molecule has 5 nitrogen and oxygen atoms in total. The summed E-state index contributed by atoms with van der Waals surface area (Å²) in [7, 11) is -1.93. The minimum atomic E-state index is -3.61. The molecule has 0 spiro atoms. The van der Waals surface area contributed by atoms with E-state index in [1.54, 1.807) is 13.2 Å². The molecule has 0 aliphatic heterocycles. The van der Waals surface area contributed by atoms with Crippen LogP contribution in [0.3, 0.4) is 0 Å². The zero-order chi connectivity index (χ0) is 17.7. The molecule has 134 valence electrons. The Morgan fingerprint density at radius 1 is 1.04 bits per heavy atom. The Labute approximate surface area is 150 Å². The van der Waals surface area contributed by atoms with Gasteiger partial charge in [0.2, 0.25) is 0 Å². The fourth-order valence-corrected chi connectivity index (χ4v) is 4.69. The van der Waals surface area contributed by atoms with E-state index in [1.165, 1.54) is 10.7 Å². The predicted octanol–water partition coefficient (Wildman–Crippen LogP) is 3.27. The minimum absolute atomic E-state index is 0.0754. The third-order valence-electron chi connectivity index (χ3n) is 4.85. The molecule has 1 aliphatic rings. The maximum Gasteiger partial charge on any atom is 0.280 e. The van der Waals surface area contributed by atoms with Gasteiger partial charge >= 0.3 is 0 Å². The molecule has 0 amide bonds. The van der Waals surface area contributed by atoms with Crippen LogP contribution in [0.2, 0.25) is 0 Å². The van der Waals surface area contributed by atoms with Crippen molar-refractivity contribution in [2.75, 3.05) is 7.05 Å². The highest BCUT2D eigenvalue weighted by Gasteiger charge is 2.30. The molecule has 1 aliphatic carbocycles. The topological polar surface area (TPSA) is 62.3 Å². The third kappa shape index (κ3) is 4.45. The Morgan fingerprint density at radius 3 is 2.36 bits per heavy atom. The SMILES string of the molecule is CN(C1CCCCC1)S(=O)(=O)N[C@H](c1ccccc1)c1ccccn1. The molecule has 0 bridgehead atoms. The average Bonchev–Trinajstić information content (AvgIpc) is 2.67. The van der Waals surface area contributed by atoms with Crippen molar-refractivity contribution in [2.24, 2.45) is 0 Å². The maximum absolute atomic E-state index is 13.0. The number of hydrogen-bond donors (Lipinski definition) is 1. The highest BCUT2D eigenvalue weighted by Crippen LogP contribution is 2.26. The van der Waals surface area contributed by atoms with Gasteiger partial charge in [-0.1, -0.05) is 55.7 Å². The summed E-state index contributed by atoms with van der Waals surface area (Å²) in [5, 5.41) is 0. The fraction of sp³-hybridized carbons (Fsp3) is 0.421. The van der Waals surface area contributed by atoms with E-state index in [9.17, 15) is 8.42 Å². The summed E-state index contributed by atoms with van der Waals surface area (Å²) in [5.74, 6) is 0. The quantitative estimate of drug-likeness (QED) is 0.861. The van der Waals surface area contributed by atoms with Crippen molar-refractivity contribution in [1.29, 1.82) is 0 Å². The first-order valence-electron chi connectivity index (χ1n) is 8.79. The maximum atomic E-state index is 13.0. The average molecular weight is 359 g/mol. The molecule has 0 radical (unpaired) electrons. The number of nitrogens with zero attached hydrogens (tertiary/aromatic N) is 2. The van der Waals surface area contributed by atoms with Crippen LogP contribution in [0.4, 0.5) is 0 Å². The number of aromatic nitrogens is 1. The van der Waals surface area contributed by atoms with Gasteiger partial charge in [-0.15, -0.1) is 0 Å².